The Hall–Kier alpha value is -4.13. The van der Waals surface area contributed by atoms with Gasteiger partial charge in [-0.25, -0.2) is 77.3 Å². The van der Waals surface area contributed by atoms with Gasteiger partial charge in [-0.15, -0.1) is 0 Å². The van der Waals surface area contributed by atoms with Gasteiger partial charge in [0.15, 0.2) is 0 Å². The standard InChI is InChI=1S/C56H70N4O24S8.C2H4O2.3Fe/c1-29-21-49(5,85(61,62)63)25-53(9,89(73,74)75)45(29)41-33-13-15-35(57-33)42(46-30(2)22-50(6,86(64,65)66)26-54(46,10)90(76,77)78)37-17-19-39(59-37)44(48-32(4)24-52(8,88(70,71)72)28-56(48,12)92(82,83)84)40-20-18-38(60-40)43(36-16-14-34(41)58-36)47-31(3)23-51(7,87(67,68)69)27-55(47,11)91(79,80)81;1-2(3)4;;;/h13-24,45-48,57-58H,25-28H2,1-12H3,(H,61,62,63)(H,64,65,66)(H,67,68,69)(H,70,71,72)(H,73,74,75)(H,76,77,78)(H,79,80,81)(H,82,83,84);1H3,(H,3,4);;;/q;;3*+3/p-9. The van der Waals surface area contributed by atoms with E-state index in [-0.39, 0.29) is 141 Å². The van der Waals surface area contributed by atoms with Crippen LogP contribution in [0.1, 0.15) is 184 Å². The smallest absolute Gasteiger partial charge is 0.747 e. The number of rotatable bonds is 12. The summed E-state index contributed by atoms with van der Waals surface area (Å²) in [6.07, 6.45) is 3.63. The van der Waals surface area contributed by atoms with E-state index >= 15 is 0 Å². The molecule has 12 unspecified atom stereocenters. The van der Waals surface area contributed by atoms with Gasteiger partial charge in [-0.1, -0.05) is 46.6 Å². The fourth-order valence-electron chi connectivity index (χ4n) is 15.8. The zero-order valence-electron chi connectivity index (χ0n) is 54.4. The summed E-state index contributed by atoms with van der Waals surface area (Å²) in [5.74, 6) is -8.61. The molecule has 12 atom stereocenters. The normalized spacial score (nSPS) is 31.5. The number of hydrogen-bond acceptors (Lipinski definition) is 28. The molecule has 3 radical (unpaired) electrons. The van der Waals surface area contributed by atoms with Gasteiger partial charge < -0.3 is 56.3 Å². The summed E-state index contributed by atoms with van der Waals surface area (Å²) >= 11 is 0. The summed E-state index contributed by atoms with van der Waals surface area (Å²) in [7, 11) is -45.5. The number of aromatic amines is 2. The van der Waals surface area contributed by atoms with Crippen molar-refractivity contribution >= 4 is 133 Å². The molecular formula is C58H65Fe3N4O26S8. The van der Waals surface area contributed by atoms with E-state index < -0.39 is 174 Å². The third-order valence-corrected chi connectivity index (χ3v) is 31.6. The van der Waals surface area contributed by atoms with Crippen molar-refractivity contribution < 1.29 is 165 Å². The average Bonchev–Trinajstić information content (AvgIpc) is 1.71. The van der Waals surface area contributed by atoms with Crippen molar-refractivity contribution in [3.63, 3.8) is 0 Å². The third kappa shape index (κ3) is 14.2. The Morgan fingerprint density at radius 1 is 0.354 bits per heavy atom. The van der Waals surface area contributed by atoms with Crippen molar-refractivity contribution in [2.75, 3.05) is 0 Å². The second-order valence-electron chi connectivity index (χ2n) is 27.3. The number of carbonyl (C=O) groups is 1. The maximum atomic E-state index is 14.1. The fourth-order valence-corrected chi connectivity index (χ4v) is 23.7. The van der Waals surface area contributed by atoms with Crippen LogP contribution in [-0.4, -0.2) is 168 Å². The Morgan fingerprint density at radius 3 is 0.717 bits per heavy atom. The largest absolute Gasteiger partial charge is 3.00 e. The molecule has 0 aromatic carbocycles. The molecule has 5 heterocycles. The predicted octanol–water partition coefficient (Wildman–Crippen LogP) is 3.57. The number of carboxylic acid groups (broad SMARTS) is 1. The number of hydrogen-bond donors (Lipinski definition) is 2. The maximum absolute atomic E-state index is 14.1. The van der Waals surface area contributed by atoms with E-state index in [1.165, 1.54) is 76.3 Å². The molecule has 6 aliphatic rings. The van der Waals surface area contributed by atoms with Gasteiger partial charge in [0.2, 0.25) is 0 Å². The van der Waals surface area contributed by atoms with Crippen LogP contribution in [0.3, 0.4) is 0 Å². The molecule has 3 aromatic rings. The summed E-state index contributed by atoms with van der Waals surface area (Å²) in [5, 5.41) is 8.89. The Balaban J connectivity index is 0.00000246. The summed E-state index contributed by atoms with van der Waals surface area (Å²) in [6, 6.07) is 4.94. The molecule has 545 valence electrons. The molecule has 0 spiro atoms. The van der Waals surface area contributed by atoms with Crippen LogP contribution in [0.4, 0.5) is 0 Å². The first-order valence-corrected chi connectivity index (χ1v) is 39.9. The zero-order chi connectivity index (χ0) is 73.3. The average molecular weight is 1660 g/mol. The van der Waals surface area contributed by atoms with Crippen LogP contribution >= 0.6 is 0 Å². The zero-order valence-corrected chi connectivity index (χ0v) is 64.2. The van der Waals surface area contributed by atoms with Crippen molar-refractivity contribution in [3.05, 3.63) is 116 Å². The van der Waals surface area contributed by atoms with Crippen LogP contribution in [0.15, 0.2) is 70.9 Å². The number of nitrogens with one attached hydrogen (secondary N) is 2. The van der Waals surface area contributed by atoms with Gasteiger partial charge in [0.05, 0.1) is 60.8 Å². The van der Waals surface area contributed by atoms with E-state index in [1.807, 2.05) is 0 Å². The van der Waals surface area contributed by atoms with E-state index in [0.717, 1.165) is 86.6 Å². The molecule has 2 aliphatic heterocycles. The van der Waals surface area contributed by atoms with Crippen molar-refractivity contribution in [2.45, 2.75) is 177 Å². The summed E-state index contributed by atoms with van der Waals surface area (Å²) in [6.45, 7) is 12.8. The summed E-state index contributed by atoms with van der Waals surface area (Å²) in [4.78, 5) is 24.9. The second-order valence-corrected chi connectivity index (χ2v) is 42.0. The minimum Gasteiger partial charge on any atom is -0.747 e. The van der Waals surface area contributed by atoms with E-state index in [0.29, 0.717) is 0 Å². The van der Waals surface area contributed by atoms with Crippen LogP contribution in [0, 0.1) is 0 Å². The quantitative estimate of drug-likeness (QED) is 0.102. The summed E-state index contributed by atoms with van der Waals surface area (Å²) in [5.41, 5.74) is -4.92. The van der Waals surface area contributed by atoms with Gasteiger partial charge in [0, 0.05) is 74.0 Å². The molecule has 0 fully saturated rings. The molecule has 30 nitrogen and oxygen atoms in total. The molecule has 41 heteroatoms. The Bertz CT molecular complexity index is 5090. The van der Waals surface area contributed by atoms with Crippen LogP contribution < -0.4 is 5.11 Å². The molecular weight excluding hydrogens is 1590 g/mol. The minimum absolute atomic E-state index is 0. The molecule has 0 saturated carbocycles. The topological polar surface area (TPSA) is 555 Å². The van der Waals surface area contributed by atoms with Crippen molar-refractivity contribution in [3.8, 4) is 0 Å². The van der Waals surface area contributed by atoms with Crippen LogP contribution in [0.25, 0.3) is 46.4 Å². The van der Waals surface area contributed by atoms with E-state index in [1.54, 1.807) is 0 Å². The van der Waals surface area contributed by atoms with E-state index in [2.05, 4.69) is 9.97 Å². The molecule has 4 aliphatic carbocycles. The molecule has 0 amide bonds. The maximum Gasteiger partial charge on any atom is 3.00 e. The second kappa shape index (κ2) is 26.5. The number of nitrogens with zero attached hydrogens (tertiary/aromatic N) is 2. The number of aliphatic carboxylic acids is 1. The van der Waals surface area contributed by atoms with Gasteiger partial charge in [0.1, 0.15) is 80.9 Å². The van der Waals surface area contributed by atoms with Crippen LogP contribution in [-0.2, 0) is 137 Å². The first-order valence-electron chi connectivity index (χ1n) is 28.7. The molecule has 0 saturated heterocycles. The summed E-state index contributed by atoms with van der Waals surface area (Å²) < 4.78 is 304. The van der Waals surface area contributed by atoms with Crippen molar-refractivity contribution in [1.82, 2.24) is 19.9 Å². The van der Waals surface area contributed by atoms with E-state index in [9.17, 15) is 104 Å². The van der Waals surface area contributed by atoms with Gasteiger partial charge in [-0.05, 0) is 164 Å². The van der Waals surface area contributed by atoms with Gasteiger partial charge in [-0.2, -0.15) is 0 Å². The molecule has 8 bridgehead atoms. The van der Waals surface area contributed by atoms with Gasteiger partial charge in [-0.3, -0.25) is 0 Å². The number of H-pyrrole nitrogens is 2. The Morgan fingerprint density at radius 2 is 0.525 bits per heavy atom. The van der Waals surface area contributed by atoms with Gasteiger partial charge >= 0.3 is 51.2 Å². The fraction of sp³-hybridized carbons (Fsp3) is 0.500. The van der Waals surface area contributed by atoms with Crippen LogP contribution in [0.5, 0.6) is 0 Å². The minimum atomic E-state index is -5.86. The Kier molecular flexibility index (Phi) is 22.9. The number of carbonyl (C=O) groups excluding carboxylic acids is 1. The number of aromatic nitrogens is 4. The van der Waals surface area contributed by atoms with Crippen molar-refractivity contribution in [2.24, 2.45) is 0 Å². The SMILES string of the molecule is CC(=O)[O-].CC1=CC(C)(S(=O)(=O)[O-])CC(C)(S(=O)(=O)[O-])C1c1c2nc(c(C3C(C)=CC(C)(S(=O)(=O)[O-])CC3(C)S(=O)(=O)[O-])c3ccc([nH]3)c(C3C(C)=CC(C)(S(=O)(=O)[O-])CC3(C)S(=O)(=O)[O-])c3ccc([nH]3)c(C3C(C)=CC(C)(S(=O)(=O)[O-])CC3(C)S(=O)(=O)[O-])c3nc1C=C3)C=C2.[Fe+3].[Fe+3].[Fe+3]. The molecule has 9 rings (SSSR count). The van der Waals surface area contributed by atoms with Crippen molar-refractivity contribution in [1.29, 1.82) is 0 Å². The van der Waals surface area contributed by atoms with Crippen LogP contribution in [0.2, 0.25) is 0 Å². The molecule has 99 heavy (non-hydrogen) atoms. The third-order valence-electron chi connectivity index (χ3n) is 19.8. The number of carboxylic acids is 1. The molecule has 3 aromatic heterocycles. The first kappa shape index (κ1) is 85.5. The van der Waals surface area contributed by atoms with E-state index in [4.69, 9.17) is 19.9 Å². The predicted molar refractivity (Wildman–Crippen MR) is 339 cm³/mol. The number of allylic oxidation sites excluding steroid dienone is 4. The first-order chi connectivity index (χ1) is 42.9. The Labute approximate surface area is 606 Å². The molecule has 2 N–H and O–H groups in total. The van der Waals surface area contributed by atoms with Gasteiger partial charge in [0.25, 0.3) is 0 Å². The number of fused-ring (bicyclic) bond motifs is 8. The monoisotopic (exact) mass is 1660 g/mol.